The molecule has 0 fully saturated rings. The molecule has 1 atom stereocenters. The highest BCUT2D eigenvalue weighted by Gasteiger charge is 2.23. The van der Waals surface area contributed by atoms with Gasteiger partial charge < -0.3 is 15.2 Å². The van der Waals surface area contributed by atoms with Crippen molar-refractivity contribution >= 4 is 11.9 Å². The van der Waals surface area contributed by atoms with Crippen LogP contribution in [0.4, 0.5) is 0 Å². The summed E-state index contributed by atoms with van der Waals surface area (Å²) in [6.07, 6.45) is -1.71. The van der Waals surface area contributed by atoms with Crippen LogP contribution in [0.5, 0.6) is 0 Å². The van der Waals surface area contributed by atoms with Gasteiger partial charge >= 0.3 is 5.97 Å². The molecule has 0 aromatic heterocycles. The number of carbonyl (C=O) groups excluding carboxylic acids is 2. The topological polar surface area (TPSA) is 75.6 Å². The van der Waals surface area contributed by atoms with Gasteiger partial charge in [-0.25, -0.2) is 4.79 Å². The second kappa shape index (κ2) is 4.68. The molecule has 0 saturated carbocycles. The molecule has 1 amide bonds. The van der Waals surface area contributed by atoms with Crippen LogP contribution in [0.1, 0.15) is 6.92 Å². The van der Waals surface area contributed by atoms with Crippen LogP contribution in [0.25, 0.3) is 0 Å². The van der Waals surface area contributed by atoms with Crippen LogP contribution >= 0.6 is 0 Å². The Bertz CT molecular complexity index is 157. The lowest BCUT2D eigenvalue weighted by Gasteiger charge is -2.06. The molecule has 0 heterocycles. The van der Waals surface area contributed by atoms with Crippen LogP contribution < -0.4 is 5.32 Å². The lowest BCUT2D eigenvalue weighted by Crippen LogP contribution is -2.38. The van der Waals surface area contributed by atoms with E-state index in [2.05, 4.69) is 10.1 Å². The second-order valence-corrected chi connectivity index (χ2v) is 1.77. The number of carbonyl (C=O) groups is 2. The Morgan fingerprint density at radius 2 is 2.18 bits per heavy atom. The molecule has 0 aliphatic rings. The van der Waals surface area contributed by atoms with E-state index < -0.39 is 18.0 Å². The Labute approximate surface area is 64.3 Å². The van der Waals surface area contributed by atoms with Crippen molar-refractivity contribution in [2.45, 2.75) is 13.0 Å². The van der Waals surface area contributed by atoms with Crippen LogP contribution in [0.15, 0.2) is 0 Å². The Morgan fingerprint density at radius 3 is 2.55 bits per heavy atom. The normalized spacial score (nSPS) is 11.9. The van der Waals surface area contributed by atoms with Gasteiger partial charge in [0.25, 0.3) is 5.91 Å². The number of rotatable bonds is 3. The molecule has 5 nitrogen and oxygen atoms in total. The number of amides is 1. The maximum absolute atomic E-state index is 10.6. The predicted octanol–water partition coefficient (Wildman–Crippen LogP) is -1.34. The van der Waals surface area contributed by atoms with Gasteiger partial charge in [-0.15, -0.1) is 0 Å². The number of likely N-dealkylation sites (N-methyl/N-ethyl adjacent to an activating group) is 1. The van der Waals surface area contributed by atoms with E-state index in [1.165, 1.54) is 7.05 Å². The van der Waals surface area contributed by atoms with Gasteiger partial charge in [0.05, 0.1) is 6.61 Å². The predicted molar refractivity (Wildman–Crippen MR) is 36.7 cm³/mol. The maximum atomic E-state index is 10.6. The van der Waals surface area contributed by atoms with Crippen LogP contribution in [-0.2, 0) is 14.3 Å². The fourth-order valence-electron chi connectivity index (χ4n) is 0.465. The van der Waals surface area contributed by atoms with Crippen molar-refractivity contribution in [2.24, 2.45) is 0 Å². The lowest BCUT2D eigenvalue weighted by atomic mass is 10.3. The van der Waals surface area contributed by atoms with E-state index in [9.17, 15) is 9.59 Å². The molecular weight excluding hydrogens is 150 g/mol. The molecule has 0 aromatic carbocycles. The van der Waals surface area contributed by atoms with Crippen LogP contribution in [-0.4, -0.2) is 36.7 Å². The first-order chi connectivity index (χ1) is 5.13. The summed E-state index contributed by atoms with van der Waals surface area (Å²) in [6, 6.07) is 0. The van der Waals surface area contributed by atoms with E-state index in [1.807, 2.05) is 0 Å². The Hall–Kier alpha value is -1.10. The van der Waals surface area contributed by atoms with Crippen molar-refractivity contribution in [3.63, 3.8) is 0 Å². The Kier molecular flexibility index (Phi) is 4.21. The number of aliphatic hydroxyl groups is 1. The lowest BCUT2D eigenvalue weighted by molar-refractivity contribution is -0.157. The van der Waals surface area contributed by atoms with E-state index in [4.69, 9.17) is 5.11 Å². The zero-order valence-electron chi connectivity index (χ0n) is 6.46. The fraction of sp³-hybridized carbons (Fsp3) is 0.667. The smallest absolute Gasteiger partial charge is 0.344 e. The highest BCUT2D eigenvalue weighted by Crippen LogP contribution is 1.87. The average molecular weight is 161 g/mol. The third-order valence-corrected chi connectivity index (χ3v) is 1.00. The van der Waals surface area contributed by atoms with Gasteiger partial charge in [-0.2, -0.15) is 0 Å². The molecule has 64 valence electrons. The van der Waals surface area contributed by atoms with E-state index in [0.29, 0.717) is 0 Å². The quantitative estimate of drug-likeness (QED) is 0.396. The van der Waals surface area contributed by atoms with Crippen molar-refractivity contribution < 1.29 is 19.4 Å². The van der Waals surface area contributed by atoms with Gasteiger partial charge in [0.1, 0.15) is 0 Å². The van der Waals surface area contributed by atoms with E-state index in [-0.39, 0.29) is 6.61 Å². The van der Waals surface area contributed by atoms with Crippen molar-refractivity contribution in [3.8, 4) is 0 Å². The molecule has 1 unspecified atom stereocenters. The Balaban J connectivity index is 3.91. The zero-order chi connectivity index (χ0) is 8.85. The standard InChI is InChI=1S/C6H11NO4/c1-3-11-6(10)4(8)5(9)7-2/h4,8H,3H2,1-2H3,(H,7,9). The average Bonchev–Trinajstić information content (AvgIpc) is 2.02. The summed E-state index contributed by atoms with van der Waals surface area (Å²) in [4.78, 5) is 21.2. The van der Waals surface area contributed by atoms with Crippen LogP contribution in [0.3, 0.4) is 0 Å². The highest BCUT2D eigenvalue weighted by molar-refractivity contribution is 6.00. The maximum Gasteiger partial charge on any atom is 0.344 e. The summed E-state index contributed by atoms with van der Waals surface area (Å²) >= 11 is 0. The minimum Gasteiger partial charge on any atom is -0.464 e. The zero-order valence-corrected chi connectivity index (χ0v) is 6.46. The molecule has 0 aromatic rings. The van der Waals surface area contributed by atoms with Crippen LogP contribution in [0.2, 0.25) is 0 Å². The van der Waals surface area contributed by atoms with Gasteiger partial charge in [-0.1, -0.05) is 0 Å². The van der Waals surface area contributed by atoms with E-state index in [1.54, 1.807) is 6.92 Å². The van der Waals surface area contributed by atoms with E-state index in [0.717, 1.165) is 0 Å². The minimum absolute atomic E-state index is 0.146. The fourth-order valence-corrected chi connectivity index (χ4v) is 0.465. The van der Waals surface area contributed by atoms with Crippen LogP contribution in [0, 0.1) is 0 Å². The molecule has 0 rings (SSSR count). The summed E-state index contributed by atoms with van der Waals surface area (Å²) in [5, 5.41) is 10.9. The van der Waals surface area contributed by atoms with Crippen molar-refractivity contribution in [1.29, 1.82) is 0 Å². The van der Waals surface area contributed by atoms with Gasteiger partial charge in [-0.05, 0) is 6.92 Å². The SMILES string of the molecule is CCOC(=O)C(O)C(=O)NC. The molecular formula is C6H11NO4. The molecule has 2 N–H and O–H groups in total. The monoisotopic (exact) mass is 161 g/mol. The Morgan fingerprint density at radius 1 is 1.64 bits per heavy atom. The molecule has 0 saturated heterocycles. The summed E-state index contributed by atoms with van der Waals surface area (Å²) < 4.78 is 4.38. The van der Waals surface area contributed by atoms with Gasteiger partial charge in [0.2, 0.25) is 6.10 Å². The molecule has 0 radical (unpaired) electrons. The van der Waals surface area contributed by atoms with Crippen molar-refractivity contribution in [1.82, 2.24) is 5.32 Å². The molecule has 0 aliphatic carbocycles. The third kappa shape index (κ3) is 2.99. The summed E-state index contributed by atoms with van der Waals surface area (Å²) in [5.74, 6) is -1.68. The molecule has 0 spiro atoms. The van der Waals surface area contributed by atoms with Gasteiger partial charge in [0.15, 0.2) is 0 Å². The number of nitrogens with one attached hydrogen (secondary N) is 1. The molecule has 0 bridgehead atoms. The third-order valence-electron chi connectivity index (χ3n) is 1.00. The minimum atomic E-state index is -1.71. The van der Waals surface area contributed by atoms with Gasteiger partial charge in [-0.3, -0.25) is 4.79 Å². The first-order valence-corrected chi connectivity index (χ1v) is 3.19. The molecule has 11 heavy (non-hydrogen) atoms. The van der Waals surface area contributed by atoms with Gasteiger partial charge in [0, 0.05) is 7.05 Å². The largest absolute Gasteiger partial charge is 0.464 e. The summed E-state index contributed by atoms with van der Waals surface area (Å²) in [7, 11) is 1.32. The number of aliphatic hydroxyl groups excluding tert-OH is 1. The molecule has 5 heteroatoms. The number of ether oxygens (including phenoxy) is 1. The first-order valence-electron chi connectivity index (χ1n) is 3.19. The number of hydrogen-bond donors (Lipinski definition) is 2. The van der Waals surface area contributed by atoms with E-state index >= 15 is 0 Å². The summed E-state index contributed by atoms with van der Waals surface area (Å²) in [6.45, 7) is 1.74. The first kappa shape index (κ1) is 9.90. The van der Waals surface area contributed by atoms with Crippen molar-refractivity contribution in [2.75, 3.05) is 13.7 Å². The number of hydrogen-bond acceptors (Lipinski definition) is 4. The molecule has 0 aliphatic heterocycles. The highest BCUT2D eigenvalue weighted by atomic mass is 16.5. The number of esters is 1. The second-order valence-electron chi connectivity index (χ2n) is 1.77. The summed E-state index contributed by atoms with van der Waals surface area (Å²) in [5.41, 5.74) is 0. The van der Waals surface area contributed by atoms with Crippen molar-refractivity contribution in [3.05, 3.63) is 0 Å².